The fourth-order valence-corrected chi connectivity index (χ4v) is 3.77. The Bertz CT molecular complexity index is 387. The van der Waals surface area contributed by atoms with Crippen LogP contribution < -0.4 is 0 Å². The molecule has 1 saturated heterocycles. The van der Waals surface area contributed by atoms with Gasteiger partial charge in [0.1, 0.15) is 24.4 Å². The molecule has 1 aliphatic heterocycles. The molecule has 0 amide bonds. The Hall–Kier alpha value is -0.460. The lowest BCUT2D eigenvalue weighted by atomic mass is 10.1. The van der Waals surface area contributed by atoms with Crippen molar-refractivity contribution in [2.45, 2.75) is 121 Å². The molecule has 1 aliphatic rings. The molecule has 0 aromatic carbocycles. The normalized spacial score (nSPS) is 23.2. The summed E-state index contributed by atoms with van der Waals surface area (Å²) in [6, 6.07) is 0. The summed E-state index contributed by atoms with van der Waals surface area (Å²) in [7, 11) is 0. The molecular formula is C24H46O5. The molecule has 5 heteroatoms. The Labute approximate surface area is 178 Å². The van der Waals surface area contributed by atoms with Crippen molar-refractivity contribution in [2.75, 3.05) is 19.8 Å². The molecule has 0 spiro atoms. The summed E-state index contributed by atoms with van der Waals surface area (Å²) in [4.78, 5) is 0. The first-order valence-corrected chi connectivity index (χ1v) is 12.1. The molecule has 1 rings (SSSR count). The van der Waals surface area contributed by atoms with Crippen molar-refractivity contribution in [1.29, 1.82) is 0 Å². The minimum Gasteiger partial charge on any atom is -0.394 e. The highest BCUT2D eigenvalue weighted by Gasteiger charge is 2.40. The Balaban J connectivity index is 1.81. The van der Waals surface area contributed by atoms with E-state index in [1.165, 1.54) is 77.0 Å². The third kappa shape index (κ3) is 12.7. The van der Waals surface area contributed by atoms with E-state index in [9.17, 15) is 10.2 Å². The second-order valence-corrected chi connectivity index (χ2v) is 8.39. The van der Waals surface area contributed by atoms with E-state index in [0.717, 1.165) is 12.8 Å². The van der Waals surface area contributed by atoms with E-state index in [1.54, 1.807) is 0 Å². The molecule has 0 aromatic rings. The minimum atomic E-state index is -1.05. The maximum Gasteiger partial charge on any atom is 0.114 e. The van der Waals surface area contributed by atoms with E-state index in [4.69, 9.17) is 14.6 Å². The Kier molecular flexibility index (Phi) is 16.8. The van der Waals surface area contributed by atoms with Gasteiger partial charge in [0.15, 0.2) is 0 Å². The zero-order valence-corrected chi connectivity index (χ0v) is 18.6. The third-order valence-electron chi connectivity index (χ3n) is 5.72. The van der Waals surface area contributed by atoms with Gasteiger partial charge in [-0.05, 0) is 25.7 Å². The first-order valence-electron chi connectivity index (χ1n) is 12.1. The van der Waals surface area contributed by atoms with Gasteiger partial charge in [-0.2, -0.15) is 0 Å². The summed E-state index contributed by atoms with van der Waals surface area (Å²) in [6.07, 6.45) is 19.5. The number of rotatable bonds is 19. The third-order valence-corrected chi connectivity index (χ3v) is 5.72. The molecular weight excluding hydrogens is 368 g/mol. The van der Waals surface area contributed by atoms with Crippen molar-refractivity contribution in [3.63, 3.8) is 0 Å². The summed E-state index contributed by atoms with van der Waals surface area (Å²) >= 11 is 0. The molecule has 0 aliphatic carbocycles. The zero-order chi connectivity index (χ0) is 21.2. The Morgan fingerprint density at radius 1 is 0.897 bits per heavy atom. The summed E-state index contributed by atoms with van der Waals surface area (Å²) in [5.41, 5.74) is 0. The molecule has 1 fully saturated rings. The van der Waals surface area contributed by atoms with Gasteiger partial charge < -0.3 is 24.8 Å². The Morgan fingerprint density at radius 2 is 1.45 bits per heavy atom. The van der Waals surface area contributed by atoms with Gasteiger partial charge in [-0.3, -0.25) is 0 Å². The van der Waals surface area contributed by atoms with Crippen molar-refractivity contribution in [1.82, 2.24) is 0 Å². The molecule has 0 bridgehead atoms. The van der Waals surface area contributed by atoms with Gasteiger partial charge in [-0.1, -0.05) is 83.3 Å². The smallest absolute Gasteiger partial charge is 0.114 e. The van der Waals surface area contributed by atoms with E-state index in [1.807, 2.05) is 0 Å². The van der Waals surface area contributed by atoms with Crippen LogP contribution in [-0.2, 0) is 9.47 Å². The molecule has 0 unspecified atom stereocenters. The second kappa shape index (κ2) is 18.3. The number of unbranched alkanes of at least 4 members (excludes halogenated alkanes) is 12. The molecule has 1 heterocycles. The summed E-state index contributed by atoms with van der Waals surface area (Å²) < 4.78 is 11.0. The Morgan fingerprint density at radius 3 is 2.03 bits per heavy atom. The highest BCUT2D eigenvalue weighted by Crippen LogP contribution is 2.20. The van der Waals surface area contributed by atoms with Crippen LogP contribution in [0.3, 0.4) is 0 Å². The largest absolute Gasteiger partial charge is 0.394 e. The van der Waals surface area contributed by atoms with E-state index in [-0.39, 0.29) is 6.61 Å². The van der Waals surface area contributed by atoms with Crippen molar-refractivity contribution in [3.8, 4) is 0 Å². The summed E-state index contributed by atoms with van der Waals surface area (Å²) in [5, 5.41) is 28.6. The van der Waals surface area contributed by atoms with Crippen LogP contribution in [0, 0.1) is 0 Å². The highest BCUT2D eigenvalue weighted by molar-refractivity contribution is 4.88. The van der Waals surface area contributed by atoms with Crippen LogP contribution in [0.2, 0.25) is 0 Å². The number of allylic oxidation sites excluding steroid dienone is 2. The predicted molar refractivity (Wildman–Crippen MR) is 118 cm³/mol. The van der Waals surface area contributed by atoms with E-state index >= 15 is 0 Å². The zero-order valence-electron chi connectivity index (χ0n) is 18.6. The molecule has 4 atom stereocenters. The van der Waals surface area contributed by atoms with Gasteiger partial charge in [0.05, 0.1) is 13.2 Å². The highest BCUT2D eigenvalue weighted by atomic mass is 16.6. The van der Waals surface area contributed by atoms with Crippen molar-refractivity contribution in [3.05, 3.63) is 12.2 Å². The number of hydrogen-bond acceptors (Lipinski definition) is 5. The van der Waals surface area contributed by atoms with Gasteiger partial charge >= 0.3 is 0 Å². The number of ether oxygens (including phenoxy) is 2. The van der Waals surface area contributed by atoms with Crippen molar-refractivity contribution >= 4 is 0 Å². The van der Waals surface area contributed by atoms with E-state index < -0.39 is 31.0 Å². The lowest BCUT2D eigenvalue weighted by molar-refractivity contribution is -0.0730. The first-order chi connectivity index (χ1) is 14.2. The molecule has 3 N–H and O–H groups in total. The van der Waals surface area contributed by atoms with Crippen LogP contribution in [0.4, 0.5) is 0 Å². The van der Waals surface area contributed by atoms with Gasteiger partial charge in [0, 0.05) is 6.61 Å². The average molecular weight is 415 g/mol. The van der Waals surface area contributed by atoms with Crippen molar-refractivity contribution in [2.24, 2.45) is 0 Å². The molecule has 0 radical (unpaired) electrons. The standard InChI is InChI=1S/C24H46O5/c1-2-3-4-5-6-7-8-9-10-11-12-13-14-15-16-17-18-28-22-20-29-24(23(22)27)21(26)19-25/h5-6,21-27H,2-4,7-20H2,1H3/b6-5+/t21-,22+,23-,24-/m0/s1. The lowest BCUT2D eigenvalue weighted by Gasteiger charge is -2.20. The number of aliphatic hydroxyl groups excluding tert-OH is 3. The summed E-state index contributed by atoms with van der Waals surface area (Å²) in [5.74, 6) is 0. The van der Waals surface area contributed by atoms with Crippen LogP contribution in [0.25, 0.3) is 0 Å². The lowest BCUT2D eigenvalue weighted by Crippen LogP contribution is -2.41. The maximum atomic E-state index is 10.1. The average Bonchev–Trinajstić information content (AvgIpc) is 3.10. The van der Waals surface area contributed by atoms with Crippen LogP contribution in [0.15, 0.2) is 12.2 Å². The monoisotopic (exact) mass is 414 g/mol. The second-order valence-electron chi connectivity index (χ2n) is 8.39. The first kappa shape index (κ1) is 26.6. The van der Waals surface area contributed by atoms with E-state index in [2.05, 4.69) is 19.1 Å². The van der Waals surface area contributed by atoms with Crippen molar-refractivity contribution < 1.29 is 24.8 Å². The quantitative estimate of drug-likeness (QED) is 0.214. The molecule has 172 valence electrons. The maximum absolute atomic E-state index is 10.1. The van der Waals surface area contributed by atoms with Gasteiger partial charge in [0.25, 0.3) is 0 Å². The molecule has 29 heavy (non-hydrogen) atoms. The van der Waals surface area contributed by atoms with Crippen LogP contribution in [0.5, 0.6) is 0 Å². The van der Waals surface area contributed by atoms with Crippen LogP contribution in [0.1, 0.15) is 96.8 Å². The molecule has 5 nitrogen and oxygen atoms in total. The number of aliphatic hydroxyl groups is 3. The predicted octanol–water partition coefficient (Wildman–Crippen LogP) is 4.52. The van der Waals surface area contributed by atoms with Gasteiger partial charge in [0.2, 0.25) is 0 Å². The van der Waals surface area contributed by atoms with E-state index in [0.29, 0.717) is 6.61 Å². The number of hydrogen-bond donors (Lipinski definition) is 3. The van der Waals surface area contributed by atoms with Gasteiger partial charge in [-0.15, -0.1) is 0 Å². The molecule has 0 saturated carbocycles. The van der Waals surface area contributed by atoms with Gasteiger partial charge in [-0.25, -0.2) is 0 Å². The minimum absolute atomic E-state index is 0.276. The van der Waals surface area contributed by atoms with Crippen LogP contribution >= 0.6 is 0 Å². The van der Waals surface area contributed by atoms with Crippen LogP contribution in [-0.4, -0.2) is 59.6 Å². The fraction of sp³-hybridized carbons (Fsp3) is 0.917. The fourth-order valence-electron chi connectivity index (χ4n) is 3.77. The summed E-state index contributed by atoms with van der Waals surface area (Å²) in [6.45, 7) is 2.72. The topological polar surface area (TPSA) is 79.2 Å². The SMILES string of the molecule is CCCC/C=C/CCCCCCCCCCCCO[C@@H]1CO[C@@H]([C@@H](O)CO)[C@H]1O. The molecule has 0 aromatic heterocycles.